The van der Waals surface area contributed by atoms with Crippen LogP contribution in [0.25, 0.3) is 0 Å². The molecule has 19 heavy (non-hydrogen) atoms. The highest BCUT2D eigenvalue weighted by Crippen LogP contribution is 2.27. The molecule has 0 atom stereocenters. The van der Waals surface area contributed by atoms with E-state index in [9.17, 15) is 0 Å². The average molecular weight is 279 g/mol. The molecule has 0 radical (unpaired) electrons. The Morgan fingerprint density at radius 3 is 2.74 bits per heavy atom. The van der Waals surface area contributed by atoms with Crippen molar-refractivity contribution in [2.24, 2.45) is 0 Å². The summed E-state index contributed by atoms with van der Waals surface area (Å²) in [5.41, 5.74) is 3.93. The van der Waals surface area contributed by atoms with Crippen molar-refractivity contribution in [3.63, 3.8) is 0 Å². The Morgan fingerprint density at radius 2 is 2.05 bits per heavy atom. The van der Waals surface area contributed by atoms with Crippen molar-refractivity contribution >= 4 is 11.8 Å². The fourth-order valence-electron chi connectivity index (χ4n) is 2.28. The molecule has 3 nitrogen and oxygen atoms in total. The maximum absolute atomic E-state index is 4.82. The lowest BCUT2D eigenvalue weighted by atomic mass is 10.0. The molecule has 0 unspecified atom stereocenters. The third kappa shape index (κ3) is 4.18. The number of fused-ring (bicyclic) bond motifs is 1. The van der Waals surface area contributed by atoms with Gasteiger partial charge < -0.3 is 5.32 Å². The summed E-state index contributed by atoms with van der Waals surface area (Å²) in [6.07, 6.45) is 3.32. The fraction of sp³-hybridized carbons (Fsp3) is 0.733. The number of aryl methyl sites for hydroxylation is 1. The molecule has 0 spiro atoms. The molecule has 1 aliphatic rings. The number of hydrogen-bond acceptors (Lipinski definition) is 4. The second kappa shape index (κ2) is 6.23. The van der Waals surface area contributed by atoms with Crippen molar-refractivity contribution in [1.82, 2.24) is 15.3 Å². The SMILES string of the molecule is CCCc1nc(CSC(C)(C)C)nc2c1CCNC2. The van der Waals surface area contributed by atoms with Gasteiger partial charge in [-0.15, -0.1) is 11.8 Å². The Labute approximate surface area is 121 Å². The predicted octanol–water partition coefficient (Wildman–Crippen LogP) is 3.11. The smallest absolute Gasteiger partial charge is 0.138 e. The second-order valence-corrected chi connectivity index (χ2v) is 7.89. The van der Waals surface area contributed by atoms with Crippen LogP contribution >= 0.6 is 11.8 Å². The highest BCUT2D eigenvalue weighted by molar-refractivity contribution is 7.99. The first-order chi connectivity index (χ1) is 8.99. The fourth-order valence-corrected chi connectivity index (χ4v) is 2.97. The van der Waals surface area contributed by atoms with Crippen molar-refractivity contribution < 1.29 is 0 Å². The van der Waals surface area contributed by atoms with E-state index in [1.165, 1.54) is 17.0 Å². The van der Waals surface area contributed by atoms with Gasteiger partial charge in [-0.2, -0.15) is 0 Å². The Kier molecular flexibility index (Phi) is 4.85. The minimum atomic E-state index is 0.266. The van der Waals surface area contributed by atoms with E-state index in [0.717, 1.165) is 43.9 Å². The zero-order chi connectivity index (χ0) is 13.9. The van der Waals surface area contributed by atoms with E-state index in [2.05, 4.69) is 33.0 Å². The van der Waals surface area contributed by atoms with Gasteiger partial charge in [-0.05, 0) is 24.9 Å². The molecule has 0 saturated carbocycles. The summed E-state index contributed by atoms with van der Waals surface area (Å²) in [5.74, 6) is 1.92. The summed E-state index contributed by atoms with van der Waals surface area (Å²) in [4.78, 5) is 9.58. The molecule has 1 aromatic rings. The van der Waals surface area contributed by atoms with E-state index < -0.39 is 0 Å². The van der Waals surface area contributed by atoms with Crippen LogP contribution in [0.2, 0.25) is 0 Å². The quantitative estimate of drug-likeness (QED) is 0.919. The van der Waals surface area contributed by atoms with Crippen molar-refractivity contribution in [2.45, 2.75) is 64.0 Å². The van der Waals surface area contributed by atoms with Crippen LogP contribution < -0.4 is 5.32 Å². The largest absolute Gasteiger partial charge is 0.311 e. The number of nitrogens with zero attached hydrogens (tertiary/aromatic N) is 2. The standard InChI is InChI=1S/C15H25N3S/c1-5-6-12-11-7-8-16-9-13(11)18-14(17-12)10-19-15(2,3)4/h16H,5-10H2,1-4H3. The normalized spacial score (nSPS) is 15.4. The molecular weight excluding hydrogens is 254 g/mol. The minimum absolute atomic E-state index is 0.266. The van der Waals surface area contributed by atoms with Crippen LogP contribution in [0.4, 0.5) is 0 Å². The first-order valence-corrected chi connectivity index (χ1v) is 8.20. The van der Waals surface area contributed by atoms with Crippen LogP contribution in [0.1, 0.15) is 56.9 Å². The van der Waals surface area contributed by atoms with Crippen LogP contribution in [0, 0.1) is 0 Å². The van der Waals surface area contributed by atoms with E-state index in [1.54, 1.807) is 0 Å². The van der Waals surface area contributed by atoms with E-state index in [4.69, 9.17) is 9.97 Å². The molecule has 1 aromatic heterocycles. The molecule has 2 heterocycles. The number of thioether (sulfide) groups is 1. The highest BCUT2D eigenvalue weighted by atomic mass is 32.2. The summed E-state index contributed by atoms with van der Waals surface area (Å²) in [6, 6.07) is 0. The highest BCUT2D eigenvalue weighted by Gasteiger charge is 2.18. The van der Waals surface area contributed by atoms with Crippen molar-refractivity contribution in [1.29, 1.82) is 0 Å². The monoisotopic (exact) mass is 279 g/mol. The van der Waals surface area contributed by atoms with Crippen LogP contribution in [0.3, 0.4) is 0 Å². The summed E-state index contributed by atoms with van der Waals surface area (Å²) < 4.78 is 0.266. The van der Waals surface area contributed by atoms with Gasteiger partial charge in [0, 0.05) is 17.0 Å². The van der Waals surface area contributed by atoms with Crippen molar-refractivity contribution in [2.75, 3.05) is 6.54 Å². The Morgan fingerprint density at radius 1 is 1.26 bits per heavy atom. The topological polar surface area (TPSA) is 37.8 Å². The Bertz CT molecular complexity index is 438. The van der Waals surface area contributed by atoms with E-state index >= 15 is 0 Å². The van der Waals surface area contributed by atoms with Crippen molar-refractivity contribution in [3.8, 4) is 0 Å². The molecule has 106 valence electrons. The lowest BCUT2D eigenvalue weighted by Crippen LogP contribution is -2.27. The maximum atomic E-state index is 4.82. The summed E-state index contributed by atoms with van der Waals surface area (Å²) in [7, 11) is 0. The van der Waals surface area contributed by atoms with E-state index in [0.29, 0.717) is 0 Å². The third-order valence-corrected chi connectivity index (χ3v) is 4.46. The summed E-state index contributed by atoms with van der Waals surface area (Å²) in [6.45, 7) is 10.9. The molecule has 0 fully saturated rings. The van der Waals surface area contributed by atoms with Gasteiger partial charge in [-0.3, -0.25) is 0 Å². The molecule has 1 aliphatic heterocycles. The lowest BCUT2D eigenvalue weighted by Gasteiger charge is -2.21. The van der Waals surface area contributed by atoms with Crippen LogP contribution in [-0.2, 0) is 25.1 Å². The first-order valence-electron chi connectivity index (χ1n) is 7.22. The first kappa shape index (κ1) is 14.8. The molecule has 0 amide bonds. The molecule has 2 rings (SSSR count). The molecule has 0 saturated heterocycles. The van der Waals surface area contributed by atoms with Crippen LogP contribution in [0.5, 0.6) is 0 Å². The molecule has 0 bridgehead atoms. The zero-order valence-electron chi connectivity index (χ0n) is 12.5. The number of hydrogen-bond donors (Lipinski definition) is 1. The van der Waals surface area contributed by atoms with Crippen LogP contribution in [-0.4, -0.2) is 21.3 Å². The number of aromatic nitrogens is 2. The van der Waals surface area contributed by atoms with Gasteiger partial charge in [0.25, 0.3) is 0 Å². The van der Waals surface area contributed by atoms with Crippen molar-refractivity contribution in [3.05, 3.63) is 22.8 Å². The zero-order valence-corrected chi connectivity index (χ0v) is 13.4. The Balaban J connectivity index is 2.22. The minimum Gasteiger partial charge on any atom is -0.311 e. The summed E-state index contributed by atoms with van der Waals surface area (Å²) >= 11 is 1.92. The van der Waals surface area contributed by atoms with Gasteiger partial charge in [-0.25, -0.2) is 9.97 Å². The lowest BCUT2D eigenvalue weighted by molar-refractivity contribution is 0.608. The van der Waals surface area contributed by atoms with E-state index in [1.807, 2.05) is 11.8 Å². The number of rotatable bonds is 4. The van der Waals surface area contributed by atoms with Gasteiger partial charge in [0.1, 0.15) is 5.82 Å². The molecule has 4 heteroatoms. The molecule has 0 aromatic carbocycles. The average Bonchev–Trinajstić information content (AvgIpc) is 2.36. The van der Waals surface area contributed by atoms with Gasteiger partial charge in [0.2, 0.25) is 0 Å². The second-order valence-electron chi connectivity index (χ2n) is 6.09. The predicted molar refractivity (Wildman–Crippen MR) is 82.5 cm³/mol. The van der Waals surface area contributed by atoms with Gasteiger partial charge in [0.05, 0.1) is 11.4 Å². The third-order valence-electron chi connectivity index (χ3n) is 3.19. The van der Waals surface area contributed by atoms with Gasteiger partial charge >= 0.3 is 0 Å². The van der Waals surface area contributed by atoms with Gasteiger partial charge in [0.15, 0.2) is 0 Å². The number of nitrogens with one attached hydrogen (secondary N) is 1. The van der Waals surface area contributed by atoms with Crippen LogP contribution in [0.15, 0.2) is 0 Å². The summed E-state index contributed by atoms with van der Waals surface area (Å²) in [5, 5.41) is 3.41. The van der Waals surface area contributed by atoms with Gasteiger partial charge in [-0.1, -0.05) is 34.1 Å². The molecular formula is C15H25N3S. The molecule has 0 aliphatic carbocycles. The Hall–Kier alpha value is -0.610. The van der Waals surface area contributed by atoms with E-state index in [-0.39, 0.29) is 4.75 Å². The molecule has 1 N–H and O–H groups in total. The maximum Gasteiger partial charge on any atom is 0.138 e.